The number of aryl methyl sites for hydroxylation is 2. The van der Waals surface area contributed by atoms with Crippen LogP contribution in [-0.2, 0) is 45.1 Å². The van der Waals surface area contributed by atoms with Crippen LogP contribution in [0.1, 0.15) is 308 Å². The van der Waals surface area contributed by atoms with Crippen molar-refractivity contribution in [2.75, 3.05) is 0 Å². The zero-order chi connectivity index (χ0) is 85.7. The van der Waals surface area contributed by atoms with Gasteiger partial charge in [0.25, 0.3) is 0 Å². The van der Waals surface area contributed by atoms with Gasteiger partial charge in [0.05, 0.1) is 35.5 Å². The number of carbonyl (C=O) groups is 8. The highest BCUT2D eigenvalue weighted by atomic mass is 16.7. The minimum atomic E-state index is -0.598. The van der Waals surface area contributed by atoms with Crippen LogP contribution in [0.3, 0.4) is 0 Å². The number of furan rings is 3. The molecule has 1 saturated carbocycles. The molecule has 0 spiro atoms. The fourth-order valence-electron chi connectivity index (χ4n) is 19.2. The van der Waals surface area contributed by atoms with E-state index in [0.717, 1.165) is 175 Å². The molecule has 0 saturated heterocycles. The summed E-state index contributed by atoms with van der Waals surface area (Å²) in [6.45, 7) is 20.9. The van der Waals surface area contributed by atoms with E-state index in [0.29, 0.717) is 73.8 Å². The van der Waals surface area contributed by atoms with Gasteiger partial charge in [-0.1, -0.05) is 249 Å². The Balaban J connectivity index is 0.000000157. The quantitative estimate of drug-likeness (QED) is 0.0176. The third-order valence-corrected chi connectivity index (χ3v) is 24.4. The monoisotopic (exact) mass is 1620 g/mol. The number of nitrogens with zero attached hydrogens (tertiary/aromatic N) is 3. The normalized spacial score (nSPS) is 14.4. The van der Waals surface area contributed by atoms with Gasteiger partial charge in [0.1, 0.15) is 30.2 Å². The summed E-state index contributed by atoms with van der Waals surface area (Å²) in [5.41, 5.74) is 22.5. The van der Waals surface area contributed by atoms with Crippen molar-refractivity contribution in [1.82, 2.24) is 0 Å². The fourth-order valence-corrected chi connectivity index (χ4v) is 19.2. The van der Waals surface area contributed by atoms with E-state index in [4.69, 9.17) is 27.8 Å². The Morgan fingerprint density at radius 3 is 1.01 bits per heavy atom. The van der Waals surface area contributed by atoms with Crippen LogP contribution in [0.2, 0.25) is 0 Å². The van der Waals surface area contributed by atoms with E-state index in [9.17, 15) is 38.4 Å². The molecule has 17 nitrogen and oxygen atoms in total. The number of fused-ring (bicyclic) bond motifs is 9. The van der Waals surface area contributed by atoms with E-state index in [1.54, 1.807) is 24.3 Å². The molecule has 15 rings (SSSR count). The molecule has 17 heteroatoms. The second-order valence-electron chi connectivity index (χ2n) is 32.5. The summed E-state index contributed by atoms with van der Waals surface area (Å²) in [5, 5.41) is 12.4. The van der Waals surface area contributed by atoms with Gasteiger partial charge in [-0.3, -0.25) is 24.0 Å². The van der Waals surface area contributed by atoms with Crippen molar-refractivity contribution in [1.29, 1.82) is 0 Å². The summed E-state index contributed by atoms with van der Waals surface area (Å²) < 4.78 is 15.5. The lowest BCUT2D eigenvalue weighted by Gasteiger charge is -2.32. The molecule has 620 valence electrons. The maximum atomic E-state index is 14.0. The molecule has 0 bridgehead atoms. The smallest absolute Gasteiger partial charge is 0.332 e. The lowest BCUT2D eigenvalue weighted by molar-refractivity contribution is -0.141. The molecule has 3 aromatic heterocycles. The highest BCUT2D eigenvalue weighted by Gasteiger charge is 2.46. The van der Waals surface area contributed by atoms with E-state index in [-0.39, 0.29) is 50.9 Å². The van der Waals surface area contributed by atoms with Crippen molar-refractivity contribution in [3.8, 4) is 33.4 Å². The van der Waals surface area contributed by atoms with E-state index >= 15 is 0 Å². The molecular weight excluding hydrogens is 1520 g/mol. The molecule has 4 aliphatic carbocycles. The highest BCUT2D eigenvalue weighted by molar-refractivity contribution is 6.51. The number of rotatable bonds is 30. The number of benzene rings is 8. The topological polar surface area (TPSA) is 241 Å². The van der Waals surface area contributed by atoms with Crippen LogP contribution in [0, 0.1) is 19.8 Å². The van der Waals surface area contributed by atoms with Gasteiger partial charge in [0.15, 0.2) is 23.1 Å². The molecule has 4 aliphatic rings. The SMILES string of the molecule is CCCC1(CCC)c2cc(C(=O)/C(=N/OC(C)=O)c3ccccc3C)ccc2-c2ccc(C(=O)c3ccoc3)cc21.CCCC1(CCC)c2cc(C(=O)/C(CC3CCCCC3)=N/OC(C)=O)ccc2-c2ccc(C(=O)c3ccoc3)cc21.CCCC1(CCC)c2cc(C(=O)c3ccoc3)ccc2-c2ccc(/C(=N\OC(C)=O)c3ccccc3C)cc21. The van der Waals surface area contributed by atoms with E-state index in [2.05, 4.69) is 87.3 Å². The van der Waals surface area contributed by atoms with Crippen molar-refractivity contribution >= 4 is 64.0 Å². The molecular formula is C104H105N3O14. The number of Topliss-reactive ketones (excluding diaryl/α,β-unsaturated/α-hetero) is 2. The lowest BCUT2D eigenvalue weighted by atomic mass is 9.71. The summed E-state index contributed by atoms with van der Waals surface area (Å²) in [4.78, 5) is 118. The van der Waals surface area contributed by atoms with E-state index in [1.807, 2.05) is 135 Å². The molecule has 0 amide bonds. The van der Waals surface area contributed by atoms with Crippen LogP contribution in [0.25, 0.3) is 33.4 Å². The largest absolute Gasteiger partial charge is 0.472 e. The molecule has 1 fully saturated rings. The summed E-state index contributed by atoms with van der Waals surface area (Å²) in [6, 6.07) is 56.6. The van der Waals surface area contributed by atoms with Crippen molar-refractivity contribution in [2.24, 2.45) is 21.4 Å². The number of hydrogen-bond acceptors (Lipinski definition) is 17. The Hall–Kier alpha value is -12.6. The molecule has 11 aromatic rings. The van der Waals surface area contributed by atoms with Crippen LogP contribution in [-0.4, -0.2) is 64.0 Å². The first kappa shape index (κ1) is 86.2. The first-order valence-corrected chi connectivity index (χ1v) is 42.6. The van der Waals surface area contributed by atoms with Crippen molar-refractivity contribution in [3.63, 3.8) is 0 Å². The Kier molecular flexibility index (Phi) is 27.2. The maximum Gasteiger partial charge on any atom is 0.332 e. The van der Waals surface area contributed by atoms with Gasteiger partial charge in [-0.05, 0) is 197 Å². The standard InChI is InChI=1S/C35H33NO5.C35H39NO5.C34H33NO4/c1-5-16-35(17-6-2)30-19-24(33(38)26-15-18-40-21-26)11-13-28(30)29-14-12-25(20-31(29)35)34(39)32(36-41-23(4)37)27-10-8-7-9-22(27)3;1-4-16-35(17-5-2)30-20-25(33(38)27-15-18-40-22-27)11-13-28(30)29-14-12-26(21-31(29)35)34(39)32(36-41-23(3)37)19-24-9-7-6-8-10-24;1-5-16-34(17-6-2)30-19-24(32(35-39-23(4)36)27-10-8-7-9-22(27)3)11-13-28(30)29-14-12-25(20-31(29)34)33(37)26-15-18-38-21-26/h7-15,18-21H,5-6,16-17H2,1-4H3;11-15,18,20-22,24H,4-10,16-17,19H2,1-3H3;7-15,18-21H,5-6,16-17H2,1-4H3/b2*36-32+;35-32+. The zero-order valence-electron chi connectivity index (χ0n) is 71.1. The summed E-state index contributed by atoms with van der Waals surface area (Å²) in [5.74, 6) is -1.93. The minimum absolute atomic E-state index is 0.0413. The Bertz CT molecular complexity index is 5790. The second-order valence-corrected chi connectivity index (χ2v) is 32.5. The first-order valence-electron chi connectivity index (χ1n) is 42.6. The predicted octanol–water partition coefficient (Wildman–Crippen LogP) is 24.3. The van der Waals surface area contributed by atoms with Gasteiger partial charge < -0.3 is 27.8 Å². The number of oxime groups is 3. The number of ketones is 5. The Morgan fingerprint density at radius 2 is 0.661 bits per heavy atom. The molecule has 8 aromatic carbocycles. The van der Waals surface area contributed by atoms with Gasteiger partial charge in [0, 0.05) is 81.5 Å². The first-order chi connectivity index (χ1) is 58.6. The Labute approximate surface area is 708 Å². The third kappa shape index (κ3) is 17.7. The Morgan fingerprint density at radius 1 is 0.347 bits per heavy atom. The summed E-state index contributed by atoms with van der Waals surface area (Å²) in [6.07, 6.45) is 26.4. The third-order valence-electron chi connectivity index (χ3n) is 24.4. The average molecular weight is 1620 g/mol. The average Bonchev–Trinajstić information content (AvgIpc) is 1.57. The zero-order valence-corrected chi connectivity index (χ0v) is 71.1. The van der Waals surface area contributed by atoms with Crippen molar-refractivity contribution in [2.45, 2.75) is 208 Å². The van der Waals surface area contributed by atoms with Crippen molar-refractivity contribution < 1.29 is 66.1 Å². The number of carbonyl (C=O) groups excluding carboxylic acids is 8. The molecule has 0 unspecified atom stereocenters. The summed E-state index contributed by atoms with van der Waals surface area (Å²) in [7, 11) is 0. The molecule has 0 atom stereocenters. The minimum Gasteiger partial charge on any atom is -0.472 e. The molecule has 3 heterocycles. The van der Waals surface area contributed by atoms with Gasteiger partial charge in [-0.2, -0.15) is 0 Å². The van der Waals surface area contributed by atoms with Crippen LogP contribution < -0.4 is 0 Å². The summed E-state index contributed by atoms with van der Waals surface area (Å²) >= 11 is 0. The van der Waals surface area contributed by atoms with Crippen LogP contribution >= 0.6 is 0 Å². The van der Waals surface area contributed by atoms with Crippen LogP contribution in [0.15, 0.2) is 242 Å². The van der Waals surface area contributed by atoms with E-state index < -0.39 is 17.9 Å². The second kappa shape index (κ2) is 38.2. The molecule has 0 N–H and O–H groups in total. The molecule has 0 radical (unpaired) electrons. The van der Waals surface area contributed by atoms with Gasteiger partial charge in [-0.15, -0.1) is 0 Å². The molecule has 0 aliphatic heterocycles. The van der Waals surface area contributed by atoms with Crippen LogP contribution in [0.4, 0.5) is 0 Å². The van der Waals surface area contributed by atoms with Gasteiger partial charge >= 0.3 is 17.9 Å². The van der Waals surface area contributed by atoms with Gasteiger partial charge in [-0.25, -0.2) is 14.4 Å². The van der Waals surface area contributed by atoms with Crippen molar-refractivity contribution in [3.05, 3.63) is 319 Å². The maximum absolute atomic E-state index is 14.0. The fraction of sp³-hybridized carbons (Fsp3) is 0.317. The van der Waals surface area contributed by atoms with Gasteiger partial charge in [0.2, 0.25) is 11.6 Å². The number of hydrogen-bond donors (Lipinski definition) is 0. The predicted molar refractivity (Wildman–Crippen MR) is 471 cm³/mol. The van der Waals surface area contributed by atoms with Crippen LogP contribution in [0.5, 0.6) is 0 Å². The van der Waals surface area contributed by atoms with E-state index in [1.165, 1.54) is 81.5 Å². The lowest BCUT2D eigenvalue weighted by Crippen LogP contribution is -2.26. The highest BCUT2D eigenvalue weighted by Crippen LogP contribution is 2.58. The molecule has 121 heavy (non-hydrogen) atoms.